The first kappa shape index (κ1) is 12.2. The summed E-state index contributed by atoms with van der Waals surface area (Å²) < 4.78 is 11.2. The van der Waals surface area contributed by atoms with E-state index in [1.54, 1.807) is 6.20 Å². The van der Waals surface area contributed by atoms with Gasteiger partial charge < -0.3 is 15.2 Å². The molecule has 1 aliphatic heterocycles. The average molecular weight is 258 g/mol. The highest BCUT2D eigenvalue weighted by atomic mass is 16.5. The number of ether oxygens (including phenoxy) is 2. The van der Waals surface area contributed by atoms with E-state index in [1.165, 1.54) is 0 Å². The predicted molar refractivity (Wildman–Crippen MR) is 75.2 cm³/mol. The number of fused-ring (bicyclic) bond motifs is 1. The lowest BCUT2D eigenvalue weighted by Gasteiger charge is -2.22. The van der Waals surface area contributed by atoms with E-state index in [9.17, 15) is 0 Å². The topological polar surface area (TPSA) is 57.4 Å². The van der Waals surface area contributed by atoms with Crippen molar-refractivity contribution in [2.24, 2.45) is 5.92 Å². The van der Waals surface area contributed by atoms with E-state index in [1.807, 2.05) is 24.3 Å². The van der Waals surface area contributed by atoms with Gasteiger partial charge in [-0.1, -0.05) is 0 Å². The van der Waals surface area contributed by atoms with Crippen molar-refractivity contribution >= 4 is 16.6 Å². The first-order chi connectivity index (χ1) is 9.34. The highest BCUT2D eigenvalue weighted by molar-refractivity contribution is 5.93. The summed E-state index contributed by atoms with van der Waals surface area (Å²) >= 11 is 0. The molecule has 0 spiro atoms. The summed E-state index contributed by atoms with van der Waals surface area (Å²) in [6.07, 6.45) is 3.90. The third kappa shape index (κ3) is 2.63. The first-order valence-electron chi connectivity index (χ1n) is 6.68. The Hall–Kier alpha value is -1.81. The molecule has 2 aromatic rings. The van der Waals surface area contributed by atoms with Crippen LogP contribution in [0.2, 0.25) is 0 Å². The van der Waals surface area contributed by atoms with Crippen LogP contribution in [0.4, 0.5) is 5.69 Å². The number of rotatable bonds is 3. The van der Waals surface area contributed by atoms with Crippen molar-refractivity contribution < 1.29 is 9.47 Å². The van der Waals surface area contributed by atoms with Crippen molar-refractivity contribution in [2.75, 3.05) is 25.6 Å². The van der Waals surface area contributed by atoms with Gasteiger partial charge in [0, 0.05) is 24.8 Å². The lowest BCUT2D eigenvalue weighted by Crippen LogP contribution is -2.21. The normalized spacial score (nSPS) is 16.6. The molecule has 100 valence electrons. The second kappa shape index (κ2) is 5.45. The van der Waals surface area contributed by atoms with Gasteiger partial charge in [0.2, 0.25) is 0 Å². The fourth-order valence-corrected chi connectivity index (χ4v) is 2.40. The molecule has 0 amide bonds. The molecule has 2 heterocycles. The molecule has 0 unspecified atom stereocenters. The monoisotopic (exact) mass is 258 g/mol. The Kier molecular flexibility index (Phi) is 3.51. The van der Waals surface area contributed by atoms with Crippen molar-refractivity contribution in [3.8, 4) is 5.75 Å². The molecule has 4 nitrogen and oxygen atoms in total. The maximum Gasteiger partial charge on any atom is 0.142 e. The fourth-order valence-electron chi connectivity index (χ4n) is 2.40. The zero-order chi connectivity index (χ0) is 13.1. The zero-order valence-electron chi connectivity index (χ0n) is 10.8. The van der Waals surface area contributed by atoms with Crippen LogP contribution < -0.4 is 10.5 Å². The number of hydrogen-bond acceptors (Lipinski definition) is 4. The minimum absolute atomic E-state index is 0.567. The van der Waals surface area contributed by atoms with Crippen LogP contribution in [0.25, 0.3) is 10.9 Å². The van der Waals surface area contributed by atoms with Gasteiger partial charge in [-0.3, -0.25) is 4.98 Å². The SMILES string of the molecule is Nc1c(OCC2CCOCC2)ccc2ncccc12. The molecule has 1 fully saturated rings. The highest BCUT2D eigenvalue weighted by Crippen LogP contribution is 2.30. The largest absolute Gasteiger partial charge is 0.491 e. The Morgan fingerprint density at radius 3 is 2.95 bits per heavy atom. The molecular formula is C15H18N2O2. The van der Waals surface area contributed by atoms with Crippen LogP contribution in [-0.4, -0.2) is 24.8 Å². The number of hydrogen-bond donors (Lipinski definition) is 1. The molecule has 1 aromatic heterocycles. The van der Waals surface area contributed by atoms with Crippen molar-refractivity contribution in [1.82, 2.24) is 4.98 Å². The molecule has 1 aliphatic rings. The molecule has 1 aromatic carbocycles. The molecule has 0 saturated carbocycles. The number of anilines is 1. The van der Waals surface area contributed by atoms with E-state index < -0.39 is 0 Å². The lowest BCUT2D eigenvalue weighted by molar-refractivity contribution is 0.0499. The molecule has 2 N–H and O–H groups in total. The third-order valence-electron chi connectivity index (χ3n) is 3.60. The van der Waals surface area contributed by atoms with Gasteiger partial charge in [-0.15, -0.1) is 0 Å². The summed E-state index contributed by atoms with van der Waals surface area (Å²) in [5, 5.41) is 0.951. The van der Waals surface area contributed by atoms with Gasteiger partial charge in [-0.05, 0) is 43.0 Å². The number of benzene rings is 1. The number of nitrogens with zero attached hydrogens (tertiary/aromatic N) is 1. The molecule has 0 radical (unpaired) electrons. The average Bonchev–Trinajstić information content (AvgIpc) is 2.48. The van der Waals surface area contributed by atoms with Crippen LogP contribution >= 0.6 is 0 Å². The fraction of sp³-hybridized carbons (Fsp3) is 0.400. The van der Waals surface area contributed by atoms with E-state index in [0.29, 0.717) is 18.2 Å². The predicted octanol–water partition coefficient (Wildman–Crippen LogP) is 2.62. The van der Waals surface area contributed by atoms with Crippen LogP contribution in [0.5, 0.6) is 5.75 Å². The quantitative estimate of drug-likeness (QED) is 0.860. The van der Waals surface area contributed by atoms with E-state index in [-0.39, 0.29) is 0 Å². The van der Waals surface area contributed by atoms with E-state index >= 15 is 0 Å². The maximum atomic E-state index is 6.14. The summed E-state index contributed by atoms with van der Waals surface area (Å²) in [4.78, 5) is 4.28. The van der Waals surface area contributed by atoms with Crippen molar-refractivity contribution in [3.63, 3.8) is 0 Å². The molecule has 19 heavy (non-hydrogen) atoms. The van der Waals surface area contributed by atoms with Crippen molar-refractivity contribution in [3.05, 3.63) is 30.5 Å². The van der Waals surface area contributed by atoms with Crippen LogP contribution in [0.15, 0.2) is 30.5 Å². The summed E-state index contributed by atoms with van der Waals surface area (Å²) in [5.41, 5.74) is 7.72. The minimum atomic E-state index is 0.567. The Balaban J connectivity index is 1.75. The van der Waals surface area contributed by atoms with Gasteiger partial charge in [-0.25, -0.2) is 0 Å². The van der Waals surface area contributed by atoms with E-state index in [2.05, 4.69) is 4.98 Å². The Bertz CT molecular complexity index is 565. The van der Waals surface area contributed by atoms with Crippen molar-refractivity contribution in [1.29, 1.82) is 0 Å². The zero-order valence-corrected chi connectivity index (χ0v) is 10.8. The number of nitrogen functional groups attached to an aromatic ring is 1. The Labute approximate surface area is 112 Å². The van der Waals surface area contributed by atoms with Gasteiger partial charge >= 0.3 is 0 Å². The molecule has 4 heteroatoms. The number of pyridine rings is 1. The summed E-state index contributed by atoms with van der Waals surface area (Å²) in [7, 11) is 0. The second-order valence-electron chi connectivity index (χ2n) is 4.91. The molecule has 0 aliphatic carbocycles. The third-order valence-corrected chi connectivity index (χ3v) is 3.60. The van der Waals surface area contributed by atoms with Crippen LogP contribution in [0.3, 0.4) is 0 Å². The van der Waals surface area contributed by atoms with Gasteiger partial charge in [0.15, 0.2) is 0 Å². The Morgan fingerprint density at radius 1 is 1.26 bits per heavy atom. The molecule has 3 rings (SSSR count). The van der Waals surface area contributed by atoms with E-state index in [0.717, 1.165) is 42.7 Å². The molecular weight excluding hydrogens is 240 g/mol. The van der Waals surface area contributed by atoms with Gasteiger partial charge in [0.25, 0.3) is 0 Å². The van der Waals surface area contributed by atoms with Crippen molar-refractivity contribution in [2.45, 2.75) is 12.8 Å². The first-order valence-corrected chi connectivity index (χ1v) is 6.68. The second-order valence-corrected chi connectivity index (χ2v) is 4.91. The van der Waals surface area contributed by atoms with Crippen LogP contribution in [0, 0.1) is 5.92 Å². The summed E-state index contributed by atoms with van der Waals surface area (Å²) in [5.74, 6) is 1.32. The van der Waals surface area contributed by atoms with Gasteiger partial charge in [0.1, 0.15) is 5.75 Å². The standard InChI is InChI=1S/C15H18N2O2/c16-15-12-2-1-7-17-13(12)3-4-14(15)19-10-11-5-8-18-9-6-11/h1-4,7,11H,5-6,8-10,16H2. The van der Waals surface area contributed by atoms with Gasteiger partial charge in [-0.2, -0.15) is 0 Å². The Morgan fingerprint density at radius 2 is 2.11 bits per heavy atom. The van der Waals surface area contributed by atoms with Crippen LogP contribution in [0.1, 0.15) is 12.8 Å². The molecule has 1 saturated heterocycles. The number of aromatic nitrogens is 1. The number of nitrogens with two attached hydrogens (primary N) is 1. The van der Waals surface area contributed by atoms with Gasteiger partial charge in [0.05, 0.1) is 17.8 Å². The summed E-state index contributed by atoms with van der Waals surface area (Å²) in [6, 6.07) is 7.72. The lowest BCUT2D eigenvalue weighted by atomic mass is 10.0. The highest BCUT2D eigenvalue weighted by Gasteiger charge is 2.15. The maximum absolute atomic E-state index is 6.14. The minimum Gasteiger partial charge on any atom is -0.491 e. The molecule has 0 bridgehead atoms. The summed E-state index contributed by atoms with van der Waals surface area (Å²) in [6.45, 7) is 2.38. The van der Waals surface area contributed by atoms with Crippen LogP contribution in [-0.2, 0) is 4.74 Å². The smallest absolute Gasteiger partial charge is 0.142 e. The molecule has 0 atom stereocenters. The van der Waals surface area contributed by atoms with E-state index in [4.69, 9.17) is 15.2 Å².